The van der Waals surface area contributed by atoms with Crippen molar-refractivity contribution >= 4 is 5.91 Å². The van der Waals surface area contributed by atoms with Gasteiger partial charge in [-0.25, -0.2) is 4.98 Å². The molecule has 1 aliphatic heterocycles. The molecule has 0 radical (unpaired) electrons. The van der Waals surface area contributed by atoms with Gasteiger partial charge in [0.1, 0.15) is 5.82 Å². The van der Waals surface area contributed by atoms with Crippen LogP contribution in [0.4, 0.5) is 13.2 Å². The Labute approximate surface area is 162 Å². The van der Waals surface area contributed by atoms with Crippen molar-refractivity contribution in [2.24, 2.45) is 0 Å². The van der Waals surface area contributed by atoms with Crippen molar-refractivity contribution in [2.45, 2.75) is 51.6 Å². The van der Waals surface area contributed by atoms with E-state index in [-0.39, 0.29) is 30.7 Å². The molecule has 0 spiro atoms. The Hall–Kier alpha value is -2.35. The second kappa shape index (κ2) is 8.77. The highest BCUT2D eigenvalue weighted by Gasteiger charge is 2.33. The van der Waals surface area contributed by atoms with Gasteiger partial charge in [-0.2, -0.15) is 13.2 Å². The Bertz CT molecular complexity index is 798. The Kier molecular flexibility index (Phi) is 6.39. The Morgan fingerprint density at radius 2 is 2.14 bits per heavy atom. The fraction of sp³-hybridized carbons (Fsp3) is 0.500. The molecule has 3 rings (SSSR count). The van der Waals surface area contributed by atoms with E-state index in [0.29, 0.717) is 25.4 Å². The first-order valence-corrected chi connectivity index (χ1v) is 9.43. The van der Waals surface area contributed by atoms with Crippen LogP contribution < -0.4 is 0 Å². The van der Waals surface area contributed by atoms with Crippen LogP contribution in [0.25, 0.3) is 0 Å². The number of benzene rings is 1. The average Bonchev–Trinajstić information content (AvgIpc) is 3.32. The Morgan fingerprint density at radius 3 is 2.82 bits per heavy atom. The molecular weight excluding hydrogens is 371 g/mol. The average molecular weight is 395 g/mol. The van der Waals surface area contributed by atoms with Gasteiger partial charge in [-0.1, -0.05) is 25.1 Å². The van der Waals surface area contributed by atoms with Crippen LogP contribution in [0.15, 0.2) is 36.7 Å². The second-order valence-corrected chi connectivity index (χ2v) is 6.89. The lowest BCUT2D eigenvalue weighted by Crippen LogP contribution is -2.37. The van der Waals surface area contributed by atoms with Crippen LogP contribution in [-0.2, 0) is 28.8 Å². The molecule has 0 bridgehead atoms. The molecule has 5 nitrogen and oxygen atoms in total. The van der Waals surface area contributed by atoms with Gasteiger partial charge in [0, 0.05) is 38.5 Å². The van der Waals surface area contributed by atoms with Gasteiger partial charge < -0.3 is 14.2 Å². The quantitative estimate of drug-likeness (QED) is 0.715. The standard InChI is InChI=1S/C20H24F3N3O2/c1-2-19(27)26(13-16-7-5-11-28-16)14-18-24-9-10-25(18)12-15-6-3-4-8-17(15)20(21,22)23/h3-4,6,8-10,16H,2,5,7,11-14H2,1H3. The molecule has 8 heteroatoms. The van der Waals surface area contributed by atoms with E-state index in [1.54, 1.807) is 34.9 Å². The van der Waals surface area contributed by atoms with Gasteiger partial charge in [0.25, 0.3) is 0 Å². The van der Waals surface area contributed by atoms with Crippen LogP contribution in [0.3, 0.4) is 0 Å². The minimum atomic E-state index is -4.42. The van der Waals surface area contributed by atoms with Gasteiger partial charge in [-0.15, -0.1) is 0 Å². The third-order valence-corrected chi connectivity index (χ3v) is 4.90. The molecule has 0 N–H and O–H groups in total. The highest BCUT2D eigenvalue weighted by Crippen LogP contribution is 2.32. The number of carbonyl (C=O) groups excluding carboxylic acids is 1. The zero-order valence-corrected chi connectivity index (χ0v) is 15.8. The van der Waals surface area contributed by atoms with Crippen molar-refractivity contribution in [3.63, 3.8) is 0 Å². The van der Waals surface area contributed by atoms with E-state index in [1.807, 2.05) is 0 Å². The summed E-state index contributed by atoms with van der Waals surface area (Å²) in [6.07, 6.45) is 1.01. The lowest BCUT2D eigenvalue weighted by molar-refractivity contribution is -0.138. The van der Waals surface area contributed by atoms with E-state index in [2.05, 4.69) is 4.98 Å². The van der Waals surface area contributed by atoms with Gasteiger partial charge in [0.2, 0.25) is 5.91 Å². The summed E-state index contributed by atoms with van der Waals surface area (Å²) < 4.78 is 47.1. The van der Waals surface area contributed by atoms with Crippen molar-refractivity contribution < 1.29 is 22.7 Å². The monoisotopic (exact) mass is 395 g/mol. The summed E-state index contributed by atoms with van der Waals surface area (Å²) in [5.74, 6) is 0.525. The maximum absolute atomic E-state index is 13.3. The number of ether oxygens (including phenoxy) is 1. The van der Waals surface area contributed by atoms with Crippen molar-refractivity contribution in [3.05, 3.63) is 53.6 Å². The topological polar surface area (TPSA) is 47.4 Å². The molecule has 2 aromatic rings. The molecule has 1 aliphatic rings. The summed E-state index contributed by atoms with van der Waals surface area (Å²) in [7, 11) is 0. The second-order valence-electron chi connectivity index (χ2n) is 6.89. The normalized spacial score (nSPS) is 17.1. The third-order valence-electron chi connectivity index (χ3n) is 4.90. The number of hydrogen-bond acceptors (Lipinski definition) is 3. The molecule has 152 valence electrons. The molecule has 1 amide bonds. The number of amides is 1. The number of nitrogens with zero attached hydrogens (tertiary/aromatic N) is 3. The first-order valence-electron chi connectivity index (χ1n) is 9.43. The van der Waals surface area contributed by atoms with E-state index >= 15 is 0 Å². The fourth-order valence-electron chi connectivity index (χ4n) is 3.44. The highest BCUT2D eigenvalue weighted by atomic mass is 19.4. The lowest BCUT2D eigenvalue weighted by atomic mass is 10.1. The molecule has 0 saturated carbocycles. The number of alkyl halides is 3. The SMILES string of the molecule is CCC(=O)N(Cc1nccn1Cc1ccccc1C(F)(F)F)CC1CCCO1. The molecular formula is C20H24F3N3O2. The van der Waals surface area contributed by atoms with Crippen molar-refractivity contribution in [1.82, 2.24) is 14.5 Å². The van der Waals surface area contributed by atoms with Gasteiger partial charge in [-0.05, 0) is 24.5 Å². The largest absolute Gasteiger partial charge is 0.416 e. The number of rotatable bonds is 7. The summed E-state index contributed by atoms with van der Waals surface area (Å²) in [6.45, 7) is 3.24. The minimum absolute atomic E-state index is 0.00451. The lowest BCUT2D eigenvalue weighted by Gasteiger charge is -2.25. The fourth-order valence-corrected chi connectivity index (χ4v) is 3.44. The van der Waals surface area contributed by atoms with E-state index in [0.717, 1.165) is 18.9 Å². The Balaban J connectivity index is 1.78. The molecule has 1 atom stereocenters. The van der Waals surface area contributed by atoms with Crippen LogP contribution in [0.1, 0.15) is 43.1 Å². The van der Waals surface area contributed by atoms with Gasteiger partial charge in [0.05, 0.1) is 18.2 Å². The van der Waals surface area contributed by atoms with Crippen molar-refractivity contribution in [1.29, 1.82) is 0 Å². The molecule has 28 heavy (non-hydrogen) atoms. The molecule has 1 aromatic heterocycles. The van der Waals surface area contributed by atoms with E-state index in [4.69, 9.17) is 4.74 Å². The number of halogens is 3. The zero-order chi connectivity index (χ0) is 20.1. The highest BCUT2D eigenvalue weighted by molar-refractivity contribution is 5.75. The zero-order valence-electron chi connectivity index (χ0n) is 15.8. The summed E-state index contributed by atoms with van der Waals surface area (Å²) in [6, 6.07) is 5.51. The van der Waals surface area contributed by atoms with E-state index in [9.17, 15) is 18.0 Å². The van der Waals surface area contributed by atoms with E-state index in [1.165, 1.54) is 12.1 Å². The molecule has 0 aliphatic carbocycles. The number of imidazole rings is 1. The summed E-state index contributed by atoms with van der Waals surface area (Å²) >= 11 is 0. The number of carbonyl (C=O) groups is 1. The number of aromatic nitrogens is 2. The molecule has 1 saturated heterocycles. The van der Waals surface area contributed by atoms with Crippen LogP contribution in [0.5, 0.6) is 0 Å². The van der Waals surface area contributed by atoms with Gasteiger partial charge >= 0.3 is 6.18 Å². The summed E-state index contributed by atoms with van der Waals surface area (Å²) in [5.41, 5.74) is -0.489. The summed E-state index contributed by atoms with van der Waals surface area (Å²) in [5, 5.41) is 0. The predicted molar refractivity (Wildman–Crippen MR) is 97.5 cm³/mol. The minimum Gasteiger partial charge on any atom is -0.376 e. The van der Waals surface area contributed by atoms with Gasteiger partial charge in [-0.3, -0.25) is 4.79 Å². The van der Waals surface area contributed by atoms with Crippen LogP contribution >= 0.6 is 0 Å². The van der Waals surface area contributed by atoms with E-state index < -0.39 is 11.7 Å². The summed E-state index contributed by atoms with van der Waals surface area (Å²) in [4.78, 5) is 18.3. The van der Waals surface area contributed by atoms with Gasteiger partial charge in [0.15, 0.2) is 0 Å². The van der Waals surface area contributed by atoms with Crippen molar-refractivity contribution in [3.8, 4) is 0 Å². The molecule has 2 heterocycles. The third kappa shape index (κ3) is 4.92. The van der Waals surface area contributed by atoms with Crippen LogP contribution in [0.2, 0.25) is 0 Å². The number of hydrogen-bond donors (Lipinski definition) is 0. The first-order chi connectivity index (χ1) is 13.4. The molecule has 1 unspecified atom stereocenters. The van der Waals surface area contributed by atoms with Crippen molar-refractivity contribution in [2.75, 3.05) is 13.2 Å². The first kappa shape index (κ1) is 20.4. The maximum atomic E-state index is 13.3. The Morgan fingerprint density at radius 1 is 1.36 bits per heavy atom. The molecule has 1 aromatic carbocycles. The molecule has 1 fully saturated rings. The maximum Gasteiger partial charge on any atom is 0.416 e. The predicted octanol–water partition coefficient (Wildman–Crippen LogP) is 3.87. The van der Waals surface area contributed by atoms with Crippen LogP contribution in [0, 0.1) is 0 Å². The smallest absolute Gasteiger partial charge is 0.376 e. The van der Waals surface area contributed by atoms with Crippen LogP contribution in [-0.4, -0.2) is 39.6 Å².